The monoisotopic (exact) mass is 380 g/mol. The summed E-state index contributed by atoms with van der Waals surface area (Å²) in [5, 5.41) is -0.612. The van der Waals surface area contributed by atoms with Crippen LogP contribution in [0.1, 0.15) is 38.2 Å². The highest BCUT2D eigenvalue weighted by molar-refractivity contribution is 7.64. The van der Waals surface area contributed by atoms with Gasteiger partial charge in [0.2, 0.25) is 0 Å². The first-order valence-electron chi connectivity index (χ1n) is 7.28. The molecule has 0 aliphatic heterocycles. The topological polar surface area (TPSA) is 0 Å². The second-order valence-corrected chi connectivity index (χ2v) is 7.76. The Labute approximate surface area is 136 Å². The van der Waals surface area contributed by atoms with Gasteiger partial charge in [-0.15, -0.1) is 0 Å². The lowest BCUT2D eigenvalue weighted by Crippen LogP contribution is -2.37. The molecule has 138 valence electrons. The predicted molar refractivity (Wildman–Crippen MR) is 77.8 cm³/mol. The highest BCUT2D eigenvalue weighted by Crippen LogP contribution is 2.47. The second-order valence-electron chi connectivity index (χ2n) is 5.43. The van der Waals surface area contributed by atoms with Gasteiger partial charge in [-0.2, -0.15) is 22.0 Å². The molecule has 1 atom stereocenters. The zero-order valence-electron chi connectivity index (χ0n) is 13.1. The van der Waals surface area contributed by atoms with Crippen LogP contribution in [0, 0.1) is 17.5 Å². The summed E-state index contributed by atoms with van der Waals surface area (Å²) >= 11 is 0. The van der Waals surface area contributed by atoms with Gasteiger partial charge >= 0.3 is 12.1 Å². The Hall–Kier alpha value is -0.910. The third-order valence-electron chi connectivity index (χ3n) is 3.57. The summed E-state index contributed by atoms with van der Waals surface area (Å²) in [7, 11) is -1.52. The number of halogens is 8. The summed E-state index contributed by atoms with van der Waals surface area (Å²) < 4.78 is 105. The van der Waals surface area contributed by atoms with Gasteiger partial charge in [-0.05, 0) is 25.3 Å². The summed E-state index contributed by atoms with van der Waals surface area (Å²) in [5.74, 6) is -12.2. The van der Waals surface area contributed by atoms with Crippen LogP contribution in [-0.2, 0) is 5.92 Å². The molecule has 24 heavy (non-hydrogen) atoms. The first-order valence-corrected chi connectivity index (χ1v) is 9.26. The number of unbranched alkanes of at least 4 members (excludes halogenated alkanes) is 3. The maximum Gasteiger partial charge on any atom is 0.458 e. The molecule has 0 spiro atoms. The highest BCUT2D eigenvalue weighted by atomic mass is 31.1. The van der Waals surface area contributed by atoms with Crippen molar-refractivity contribution in [1.82, 2.24) is 0 Å². The van der Waals surface area contributed by atoms with Crippen LogP contribution in [0.5, 0.6) is 0 Å². The first kappa shape index (κ1) is 21.1. The van der Waals surface area contributed by atoms with Gasteiger partial charge in [0, 0.05) is 5.30 Å². The van der Waals surface area contributed by atoms with Crippen LogP contribution in [0.3, 0.4) is 0 Å². The Morgan fingerprint density at radius 1 is 0.917 bits per heavy atom. The Bertz CT molecular complexity index is 568. The van der Waals surface area contributed by atoms with Crippen molar-refractivity contribution in [2.75, 3.05) is 12.8 Å². The molecule has 1 unspecified atom stereocenters. The van der Waals surface area contributed by atoms with Crippen molar-refractivity contribution < 1.29 is 35.1 Å². The minimum Gasteiger partial charge on any atom is -0.206 e. The molecule has 0 aliphatic rings. The first-order chi connectivity index (χ1) is 10.9. The molecular formula is C15H17F8P. The number of benzene rings is 1. The molecule has 0 saturated heterocycles. The Morgan fingerprint density at radius 3 is 2.00 bits per heavy atom. The molecule has 1 rings (SSSR count). The average molecular weight is 380 g/mol. The molecule has 0 bridgehead atoms. The van der Waals surface area contributed by atoms with E-state index in [2.05, 4.69) is 0 Å². The molecule has 0 saturated carbocycles. The van der Waals surface area contributed by atoms with Crippen LogP contribution in [0.15, 0.2) is 6.07 Å². The van der Waals surface area contributed by atoms with Crippen molar-refractivity contribution in [3.63, 3.8) is 0 Å². The molecule has 1 aromatic rings. The third kappa shape index (κ3) is 4.38. The van der Waals surface area contributed by atoms with Gasteiger partial charge in [0.1, 0.15) is 11.4 Å². The van der Waals surface area contributed by atoms with Gasteiger partial charge in [0.25, 0.3) is 0 Å². The van der Waals surface area contributed by atoms with Gasteiger partial charge < -0.3 is 0 Å². The van der Waals surface area contributed by atoms with E-state index < -0.39 is 48.3 Å². The van der Waals surface area contributed by atoms with Gasteiger partial charge in [-0.3, -0.25) is 0 Å². The van der Waals surface area contributed by atoms with Gasteiger partial charge in [-0.25, -0.2) is 13.2 Å². The van der Waals surface area contributed by atoms with Gasteiger partial charge in [0.05, 0.1) is 0 Å². The molecule has 0 heterocycles. The smallest absolute Gasteiger partial charge is 0.206 e. The van der Waals surface area contributed by atoms with E-state index in [1.807, 2.05) is 6.92 Å². The van der Waals surface area contributed by atoms with Crippen LogP contribution in [0.2, 0.25) is 0 Å². The minimum atomic E-state index is -6.22. The second kappa shape index (κ2) is 7.98. The van der Waals surface area contributed by atoms with E-state index >= 15 is 0 Å². The molecule has 0 N–H and O–H groups in total. The Balaban J connectivity index is 3.27. The van der Waals surface area contributed by atoms with E-state index in [1.54, 1.807) is 0 Å². The van der Waals surface area contributed by atoms with Gasteiger partial charge in [-0.1, -0.05) is 34.1 Å². The van der Waals surface area contributed by atoms with Crippen LogP contribution in [0.25, 0.3) is 0 Å². The summed E-state index contributed by atoms with van der Waals surface area (Å²) in [6, 6.07) is 0.381. The van der Waals surface area contributed by atoms with E-state index in [0.29, 0.717) is 18.6 Å². The van der Waals surface area contributed by atoms with Crippen molar-refractivity contribution in [1.29, 1.82) is 0 Å². The molecule has 0 amide bonds. The normalized spacial score (nSPS) is 14.1. The van der Waals surface area contributed by atoms with E-state index in [-0.39, 0.29) is 0 Å². The molecule has 0 aliphatic carbocycles. The maximum absolute atomic E-state index is 14.2. The number of rotatable bonds is 7. The predicted octanol–water partition coefficient (Wildman–Crippen LogP) is 6.08. The summed E-state index contributed by atoms with van der Waals surface area (Å²) in [4.78, 5) is 0. The van der Waals surface area contributed by atoms with Gasteiger partial charge in [0.15, 0.2) is 11.6 Å². The molecule has 1 aromatic carbocycles. The Morgan fingerprint density at radius 2 is 1.50 bits per heavy atom. The van der Waals surface area contributed by atoms with Crippen molar-refractivity contribution in [3.8, 4) is 0 Å². The van der Waals surface area contributed by atoms with E-state index in [9.17, 15) is 35.1 Å². The minimum absolute atomic E-state index is 0.328. The van der Waals surface area contributed by atoms with Crippen molar-refractivity contribution in [3.05, 3.63) is 29.1 Å². The zero-order valence-corrected chi connectivity index (χ0v) is 14.0. The molecule has 0 aromatic heterocycles. The lowest BCUT2D eigenvalue weighted by Gasteiger charge is -2.23. The van der Waals surface area contributed by atoms with Crippen LogP contribution in [-0.4, -0.2) is 19.0 Å². The van der Waals surface area contributed by atoms with Crippen molar-refractivity contribution in [2.45, 2.75) is 44.7 Å². The molecule has 9 heteroatoms. The quantitative estimate of drug-likeness (QED) is 0.233. The number of hydrogen-bond donors (Lipinski definition) is 0. The summed E-state index contributed by atoms with van der Waals surface area (Å²) in [5.41, 5.74) is -2.56. The van der Waals surface area contributed by atoms with Crippen LogP contribution < -0.4 is 5.30 Å². The highest BCUT2D eigenvalue weighted by Gasteiger charge is 2.62. The lowest BCUT2D eigenvalue weighted by atomic mass is 10.1. The molecule has 0 nitrogen and oxygen atoms in total. The zero-order chi connectivity index (χ0) is 18.7. The van der Waals surface area contributed by atoms with E-state index in [0.717, 1.165) is 19.3 Å². The number of alkyl halides is 5. The van der Waals surface area contributed by atoms with Crippen molar-refractivity contribution in [2.24, 2.45) is 0 Å². The fourth-order valence-corrected chi connectivity index (χ4v) is 3.90. The molecule has 0 fully saturated rings. The number of hydrogen-bond acceptors (Lipinski definition) is 0. The molecular weight excluding hydrogens is 363 g/mol. The average Bonchev–Trinajstić information content (AvgIpc) is 2.46. The fourth-order valence-electron chi connectivity index (χ4n) is 2.18. The lowest BCUT2D eigenvalue weighted by molar-refractivity contribution is -0.291. The standard InChI is InChI=1S/C15H17F8P/c1-3-4-5-6-7-24(2)10-8-9(16)12(17)11(13(10)18)14(19,20)15(21,22)23/h8H,3-7H2,1-2H3. The largest absolute Gasteiger partial charge is 0.458 e. The summed E-state index contributed by atoms with van der Waals surface area (Å²) in [6.45, 7) is 3.39. The van der Waals surface area contributed by atoms with Crippen LogP contribution in [0.4, 0.5) is 35.1 Å². The SMILES string of the molecule is CCCCCCP(C)c1cc(F)c(F)c(C(F)(F)C(F)(F)F)c1F. The summed E-state index contributed by atoms with van der Waals surface area (Å²) in [6.07, 6.45) is -2.71. The Kier molecular flexibility index (Phi) is 7.03. The van der Waals surface area contributed by atoms with Crippen molar-refractivity contribution >= 4 is 13.2 Å². The maximum atomic E-state index is 14.2. The fraction of sp³-hybridized carbons (Fsp3) is 0.600. The third-order valence-corrected chi connectivity index (χ3v) is 5.70. The van der Waals surface area contributed by atoms with Crippen LogP contribution >= 0.6 is 7.92 Å². The molecule has 0 radical (unpaired) electrons. The van der Waals surface area contributed by atoms with E-state index in [1.165, 1.54) is 6.66 Å². The van der Waals surface area contributed by atoms with E-state index in [4.69, 9.17) is 0 Å².